The molecule has 0 bridgehead atoms. The zero-order chi connectivity index (χ0) is 21.8. The fourth-order valence-corrected chi connectivity index (χ4v) is 3.53. The molecule has 3 aromatic rings. The van der Waals surface area contributed by atoms with Crippen LogP contribution < -0.4 is 5.32 Å². The average Bonchev–Trinajstić information content (AvgIpc) is 3.12. The number of hydrogen-bond donors (Lipinski definition) is 1. The van der Waals surface area contributed by atoms with E-state index >= 15 is 0 Å². The lowest BCUT2D eigenvalue weighted by atomic mass is 10.2. The molecule has 0 aliphatic heterocycles. The van der Waals surface area contributed by atoms with Crippen molar-refractivity contribution in [2.45, 2.75) is 18.1 Å². The molecule has 158 valence electrons. The molecule has 1 heterocycles. The van der Waals surface area contributed by atoms with Crippen molar-refractivity contribution in [1.82, 2.24) is 19.7 Å². The molecule has 0 saturated heterocycles. The molecule has 1 N–H and O–H groups in total. The molecule has 0 fully saturated rings. The molecule has 0 aliphatic rings. The van der Waals surface area contributed by atoms with E-state index in [9.17, 15) is 13.6 Å². The van der Waals surface area contributed by atoms with E-state index in [0.29, 0.717) is 16.7 Å². The van der Waals surface area contributed by atoms with Crippen LogP contribution in [0.25, 0.3) is 5.69 Å². The minimum absolute atomic E-state index is 0.0161. The summed E-state index contributed by atoms with van der Waals surface area (Å²) >= 11 is 6.88. The van der Waals surface area contributed by atoms with E-state index in [0.717, 1.165) is 17.8 Å². The van der Waals surface area contributed by atoms with Crippen molar-refractivity contribution in [2.24, 2.45) is 0 Å². The number of carbonyl (C=O) groups is 1. The third-order valence-electron chi connectivity index (χ3n) is 4.43. The van der Waals surface area contributed by atoms with E-state index < -0.39 is 11.7 Å². The molecule has 0 saturated carbocycles. The fourth-order valence-electron chi connectivity index (χ4n) is 2.62. The molecule has 0 radical (unpaired) electrons. The van der Waals surface area contributed by atoms with Gasteiger partial charge in [0, 0.05) is 10.7 Å². The number of halogens is 3. The fraction of sp³-hybridized carbons (Fsp3) is 0.250. The summed E-state index contributed by atoms with van der Waals surface area (Å²) in [6.45, 7) is 1.97. The number of anilines is 1. The Morgan fingerprint density at radius 1 is 1.20 bits per heavy atom. The second-order valence-electron chi connectivity index (χ2n) is 6.75. The molecule has 1 atom stereocenters. The van der Waals surface area contributed by atoms with Crippen molar-refractivity contribution in [1.29, 1.82) is 0 Å². The van der Waals surface area contributed by atoms with Crippen LogP contribution in [0.5, 0.6) is 0 Å². The van der Waals surface area contributed by atoms with Gasteiger partial charge in [0.15, 0.2) is 11.0 Å². The largest absolute Gasteiger partial charge is 0.323 e. The van der Waals surface area contributed by atoms with Crippen LogP contribution in [0.2, 0.25) is 5.02 Å². The van der Waals surface area contributed by atoms with Crippen molar-refractivity contribution in [3.05, 3.63) is 64.9 Å². The Morgan fingerprint density at radius 3 is 2.53 bits per heavy atom. The summed E-state index contributed by atoms with van der Waals surface area (Å²) in [5.74, 6) is -0.738. The molecule has 1 aromatic heterocycles. The highest BCUT2D eigenvalue weighted by Gasteiger charge is 2.21. The Bertz CT molecular complexity index is 1040. The smallest absolute Gasteiger partial charge is 0.234 e. The lowest BCUT2D eigenvalue weighted by molar-refractivity contribution is -0.113. The monoisotopic (exact) mass is 451 g/mol. The van der Waals surface area contributed by atoms with Gasteiger partial charge in [-0.1, -0.05) is 23.4 Å². The van der Waals surface area contributed by atoms with Crippen LogP contribution in [-0.2, 0) is 4.79 Å². The first-order valence-corrected chi connectivity index (χ1v) is 10.4. The standard InChI is InChI=1S/C20H20ClF2N5OS/c1-12(27(2)3)19-25-26-20(28(19)15-7-5-14(22)6-8-15)30-11-18(29)24-17-9-4-13(21)10-16(17)23/h4-10,12H,11H2,1-3H3,(H,24,29). The van der Waals surface area contributed by atoms with Gasteiger partial charge in [-0.15, -0.1) is 10.2 Å². The zero-order valence-electron chi connectivity index (χ0n) is 16.6. The number of rotatable bonds is 7. The number of carbonyl (C=O) groups excluding carboxylic acids is 1. The van der Waals surface area contributed by atoms with Crippen LogP contribution in [0.15, 0.2) is 47.6 Å². The predicted molar refractivity (Wildman–Crippen MR) is 114 cm³/mol. The van der Waals surface area contributed by atoms with Gasteiger partial charge in [0.1, 0.15) is 11.6 Å². The second-order valence-corrected chi connectivity index (χ2v) is 8.13. The van der Waals surface area contributed by atoms with Gasteiger partial charge >= 0.3 is 0 Å². The van der Waals surface area contributed by atoms with Gasteiger partial charge in [-0.2, -0.15) is 0 Å². The zero-order valence-corrected chi connectivity index (χ0v) is 18.1. The SMILES string of the molecule is CC(c1nnc(SCC(=O)Nc2ccc(Cl)cc2F)n1-c1ccc(F)cc1)N(C)C. The van der Waals surface area contributed by atoms with Crippen molar-refractivity contribution in [3.63, 3.8) is 0 Å². The summed E-state index contributed by atoms with van der Waals surface area (Å²) in [4.78, 5) is 14.3. The van der Waals surface area contributed by atoms with Crippen LogP contribution in [0.4, 0.5) is 14.5 Å². The summed E-state index contributed by atoms with van der Waals surface area (Å²) in [7, 11) is 3.82. The normalized spacial score (nSPS) is 12.2. The molecular formula is C20H20ClF2N5OS. The molecule has 6 nitrogen and oxygen atoms in total. The molecule has 0 spiro atoms. The molecule has 1 unspecified atom stereocenters. The second kappa shape index (κ2) is 9.55. The van der Waals surface area contributed by atoms with Gasteiger partial charge in [0.2, 0.25) is 5.91 Å². The quantitative estimate of drug-likeness (QED) is 0.534. The van der Waals surface area contributed by atoms with Crippen LogP contribution in [-0.4, -0.2) is 45.4 Å². The van der Waals surface area contributed by atoms with E-state index in [-0.39, 0.29) is 28.3 Å². The Labute approximate surface area is 182 Å². The molecule has 30 heavy (non-hydrogen) atoms. The van der Waals surface area contributed by atoms with Crippen molar-refractivity contribution < 1.29 is 13.6 Å². The number of benzene rings is 2. The Kier molecular flexibility index (Phi) is 7.06. The lowest BCUT2D eigenvalue weighted by Gasteiger charge is -2.20. The topological polar surface area (TPSA) is 63.1 Å². The van der Waals surface area contributed by atoms with E-state index in [2.05, 4.69) is 15.5 Å². The Hall–Kier alpha value is -2.49. The molecule has 3 rings (SSSR count). The van der Waals surface area contributed by atoms with Crippen LogP contribution >= 0.6 is 23.4 Å². The minimum atomic E-state index is -0.613. The van der Waals surface area contributed by atoms with Gasteiger partial charge in [0.05, 0.1) is 17.5 Å². The highest BCUT2D eigenvalue weighted by atomic mass is 35.5. The first-order valence-electron chi connectivity index (χ1n) is 9.01. The first kappa shape index (κ1) is 22.2. The number of hydrogen-bond acceptors (Lipinski definition) is 5. The van der Waals surface area contributed by atoms with Gasteiger partial charge in [-0.3, -0.25) is 14.3 Å². The third-order valence-corrected chi connectivity index (χ3v) is 5.59. The van der Waals surface area contributed by atoms with E-state index in [1.165, 1.54) is 24.3 Å². The lowest BCUT2D eigenvalue weighted by Crippen LogP contribution is -2.21. The molecular weight excluding hydrogens is 432 g/mol. The number of nitrogens with zero attached hydrogens (tertiary/aromatic N) is 4. The summed E-state index contributed by atoms with van der Waals surface area (Å²) in [5, 5.41) is 11.7. The van der Waals surface area contributed by atoms with Gasteiger partial charge in [-0.05, 0) is 63.5 Å². The number of amides is 1. The summed E-state index contributed by atoms with van der Waals surface area (Å²) in [6, 6.07) is 9.90. The maximum Gasteiger partial charge on any atom is 0.234 e. The number of nitrogens with one attached hydrogen (secondary N) is 1. The van der Waals surface area contributed by atoms with Crippen LogP contribution in [0, 0.1) is 11.6 Å². The molecule has 10 heteroatoms. The first-order chi connectivity index (χ1) is 14.3. The summed E-state index contributed by atoms with van der Waals surface area (Å²) < 4.78 is 29.1. The van der Waals surface area contributed by atoms with Crippen molar-refractivity contribution >= 4 is 35.0 Å². The predicted octanol–water partition coefficient (Wildman–Crippen LogP) is 4.55. The van der Waals surface area contributed by atoms with E-state index in [1.807, 2.05) is 25.9 Å². The molecule has 1 amide bonds. The Morgan fingerprint density at radius 2 is 1.90 bits per heavy atom. The van der Waals surface area contributed by atoms with Gasteiger partial charge in [-0.25, -0.2) is 8.78 Å². The summed E-state index contributed by atoms with van der Waals surface area (Å²) in [6.07, 6.45) is 0. The van der Waals surface area contributed by atoms with E-state index in [4.69, 9.17) is 11.6 Å². The van der Waals surface area contributed by atoms with Crippen LogP contribution in [0.3, 0.4) is 0 Å². The van der Waals surface area contributed by atoms with Crippen molar-refractivity contribution in [3.8, 4) is 5.69 Å². The van der Waals surface area contributed by atoms with Gasteiger partial charge in [0.25, 0.3) is 0 Å². The maximum atomic E-state index is 13.9. The van der Waals surface area contributed by atoms with Crippen molar-refractivity contribution in [2.75, 3.05) is 25.2 Å². The summed E-state index contributed by atoms with van der Waals surface area (Å²) in [5.41, 5.74) is 0.726. The number of thioether (sulfide) groups is 1. The highest BCUT2D eigenvalue weighted by Crippen LogP contribution is 2.27. The molecule has 2 aromatic carbocycles. The minimum Gasteiger partial charge on any atom is -0.323 e. The van der Waals surface area contributed by atoms with Crippen LogP contribution in [0.1, 0.15) is 18.8 Å². The Balaban J connectivity index is 1.81. The van der Waals surface area contributed by atoms with Gasteiger partial charge < -0.3 is 5.32 Å². The van der Waals surface area contributed by atoms with E-state index in [1.54, 1.807) is 16.7 Å². The number of aromatic nitrogens is 3. The maximum absolute atomic E-state index is 13.9. The third kappa shape index (κ3) is 5.16. The highest BCUT2D eigenvalue weighted by molar-refractivity contribution is 7.99. The average molecular weight is 452 g/mol. The molecule has 0 aliphatic carbocycles.